The highest BCUT2D eigenvalue weighted by Gasteiger charge is 2.34. The van der Waals surface area contributed by atoms with Crippen LogP contribution in [0.4, 0.5) is 4.79 Å². The summed E-state index contributed by atoms with van der Waals surface area (Å²) in [6.07, 6.45) is 1.07. The number of nitriles is 1. The summed E-state index contributed by atoms with van der Waals surface area (Å²) < 4.78 is 12.0. The topological polar surface area (TPSA) is 97.4 Å². The molecule has 1 aromatic heterocycles. The van der Waals surface area contributed by atoms with Gasteiger partial charge in [-0.25, -0.2) is 9.48 Å². The van der Waals surface area contributed by atoms with E-state index in [1.807, 2.05) is 39.0 Å². The van der Waals surface area contributed by atoms with Gasteiger partial charge in [-0.3, -0.25) is 9.69 Å². The minimum atomic E-state index is -0.609. The fourth-order valence-electron chi connectivity index (χ4n) is 3.43. The quantitative estimate of drug-likeness (QED) is 0.767. The Labute approximate surface area is 175 Å². The van der Waals surface area contributed by atoms with Gasteiger partial charge in [-0.1, -0.05) is 12.1 Å². The molecule has 1 aromatic carbocycles. The number of carbonyl (C=O) groups excluding carboxylic acids is 1. The van der Waals surface area contributed by atoms with E-state index in [4.69, 9.17) is 9.47 Å². The first-order valence-corrected chi connectivity index (χ1v) is 9.86. The Hall–Kier alpha value is -3.34. The molecular weight excluding hydrogens is 384 g/mol. The van der Waals surface area contributed by atoms with Gasteiger partial charge in [0.15, 0.2) is 0 Å². The van der Waals surface area contributed by atoms with Gasteiger partial charge in [-0.05, 0) is 57.4 Å². The van der Waals surface area contributed by atoms with E-state index in [0.29, 0.717) is 24.4 Å². The molecule has 158 valence electrons. The standard InChI is InChI=1S/C22H26N4O4/c1-22(2,3)30-21(28)25-11-5-6-19(25)18-12-16(13-23)20(27)26(24-18)14-15-7-9-17(29-4)10-8-15/h7-10,12,19H,5-6,11,14H2,1-4H3. The van der Waals surface area contributed by atoms with Crippen molar-refractivity contribution in [3.05, 3.63) is 57.5 Å². The van der Waals surface area contributed by atoms with E-state index in [1.165, 1.54) is 10.7 Å². The summed E-state index contributed by atoms with van der Waals surface area (Å²) in [6.45, 7) is 6.20. The molecule has 1 amide bonds. The lowest BCUT2D eigenvalue weighted by molar-refractivity contribution is 0.0220. The van der Waals surface area contributed by atoms with Gasteiger partial charge >= 0.3 is 6.09 Å². The van der Waals surface area contributed by atoms with E-state index in [0.717, 1.165) is 12.0 Å². The van der Waals surface area contributed by atoms with Crippen LogP contribution in [0, 0.1) is 11.3 Å². The van der Waals surface area contributed by atoms with Crippen molar-refractivity contribution in [1.29, 1.82) is 5.26 Å². The first-order valence-electron chi connectivity index (χ1n) is 9.86. The molecule has 1 atom stereocenters. The first-order chi connectivity index (χ1) is 14.2. The molecule has 0 saturated carbocycles. The molecule has 8 heteroatoms. The maximum Gasteiger partial charge on any atom is 0.410 e. The first kappa shape index (κ1) is 21.4. The highest BCUT2D eigenvalue weighted by atomic mass is 16.6. The maximum absolute atomic E-state index is 12.6. The van der Waals surface area contributed by atoms with Crippen molar-refractivity contribution in [2.75, 3.05) is 13.7 Å². The van der Waals surface area contributed by atoms with Crippen LogP contribution in [-0.4, -0.2) is 40.0 Å². The molecule has 2 aromatic rings. The van der Waals surface area contributed by atoms with Crippen LogP contribution in [0.15, 0.2) is 35.1 Å². The van der Waals surface area contributed by atoms with Gasteiger partial charge < -0.3 is 9.47 Å². The van der Waals surface area contributed by atoms with Gasteiger partial charge in [0.1, 0.15) is 23.0 Å². The Balaban J connectivity index is 1.93. The average Bonchev–Trinajstić information content (AvgIpc) is 3.19. The monoisotopic (exact) mass is 410 g/mol. The molecule has 1 aliphatic heterocycles. The molecule has 30 heavy (non-hydrogen) atoms. The number of carbonyl (C=O) groups is 1. The fourth-order valence-corrected chi connectivity index (χ4v) is 3.43. The minimum absolute atomic E-state index is 0.00421. The summed E-state index contributed by atoms with van der Waals surface area (Å²) in [5.74, 6) is 0.712. The molecular formula is C22H26N4O4. The second-order valence-corrected chi connectivity index (χ2v) is 8.24. The SMILES string of the molecule is COc1ccc(Cn2nc(C3CCCN3C(=O)OC(C)(C)C)cc(C#N)c2=O)cc1. The largest absolute Gasteiger partial charge is 0.497 e. The summed E-state index contributed by atoms with van der Waals surface area (Å²) in [6, 6.07) is 10.4. The lowest BCUT2D eigenvalue weighted by Crippen LogP contribution is -2.37. The van der Waals surface area contributed by atoms with Gasteiger partial charge in [0.2, 0.25) is 0 Å². The summed E-state index contributed by atoms with van der Waals surface area (Å²) in [5, 5.41) is 14.0. The summed E-state index contributed by atoms with van der Waals surface area (Å²) in [5.41, 5.74) is 0.302. The van der Waals surface area contributed by atoms with Crippen LogP contribution < -0.4 is 10.3 Å². The van der Waals surface area contributed by atoms with Crippen molar-refractivity contribution in [2.24, 2.45) is 0 Å². The van der Waals surface area contributed by atoms with Gasteiger partial charge in [-0.15, -0.1) is 0 Å². The van der Waals surface area contributed by atoms with E-state index in [2.05, 4.69) is 5.10 Å². The molecule has 1 unspecified atom stereocenters. The smallest absolute Gasteiger partial charge is 0.410 e. The zero-order valence-electron chi connectivity index (χ0n) is 17.7. The van der Waals surface area contributed by atoms with Crippen LogP contribution in [0.1, 0.15) is 56.5 Å². The van der Waals surface area contributed by atoms with E-state index in [1.54, 1.807) is 24.1 Å². The van der Waals surface area contributed by atoms with E-state index >= 15 is 0 Å². The van der Waals surface area contributed by atoms with Crippen LogP contribution in [0.2, 0.25) is 0 Å². The fraction of sp³-hybridized carbons (Fsp3) is 0.455. The highest BCUT2D eigenvalue weighted by molar-refractivity contribution is 5.69. The van der Waals surface area contributed by atoms with Gasteiger partial charge in [-0.2, -0.15) is 10.4 Å². The lowest BCUT2D eigenvalue weighted by Gasteiger charge is -2.28. The summed E-state index contributed by atoms with van der Waals surface area (Å²) in [4.78, 5) is 26.9. The van der Waals surface area contributed by atoms with Gasteiger partial charge in [0, 0.05) is 6.54 Å². The normalized spacial score (nSPS) is 16.2. The number of likely N-dealkylation sites (tertiary alicyclic amines) is 1. The number of ether oxygens (including phenoxy) is 2. The predicted octanol–water partition coefficient (Wildman–Crippen LogP) is 3.24. The van der Waals surface area contributed by atoms with Crippen molar-refractivity contribution >= 4 is 6.09 Å². The van der Waals surface area contributed by atoms with Crippen LogP contribution in [0.5, 0.6) is 5.75 Å². The molecule has 0 spiro atoms. The summed E-state index contributed by atoms with van der Waals surface area (Å²) in [7, 11) is 1.59. The lowest BCUT2D eigenvalue weighted by atomic mass is 10.1. The number of aromatic nitrogens is 2. The second kappa shape index (κ2) is 8.57. The number of rotatable bonds is 4. The molecule has 0 N–H and O–H groups in total. The molecule has 8 nitrogen and oxygen atoms in total. The minimum Gasteiger partial charge on any atom is -0.497 e. The molecule has 2 heterocycles. The molecule has 0 radical (unpaired) electrons. The Morgan fingerprint density at radius 2 is 2.00 bits per heavy atom. The van der Waals surface area contributed by atoms with Crippen molar-refractivity contribution < 1.29 is 14.3 Å². The highest BCUT2D eigenvalue weighted by Crippen LogP contribution is 2.32. The van der Waals surface area contributed by atoms with Gasteiger partial charge in [0.25, 0.3) is 5.56 Å². The van der Waals surface area contributed by atoms with Crippen molar-refractivity contribution in [1.82, 2.24) is 14.7 Å². The second-order valence-electron chi connectivity index (χ2n) is 8.24. The predicted molar refractivity (Wildman–Crippen MR) is 110 cm³/mol. The Bertz CT molecular complexity index is 1020. The third kappa shape index (κ3) is 4.79. The molecule has 0 bridgehead atoms. The molecule has 0 aliphatic carbocycles. The Morgan fingerprint density at radius 3 is 2.60 bits per heavy atom. The molecule has 3 rings (SSSR count). The molecule has 1 aliphatic rings. The van der Waals surface area contributed by atoms with Gasteiger partial charge in [0.05, 0.1) is 25.4 Å². The average molecular weight is 410 g/mol. The Morgan fingerprint density at radius 1 is 1.30 bits per heavy atom. The third-order valence-corrected chi connectivity index (χ3v) is 4.83. The molecule has 1 fully saturated rings. The number of amides is 1. The van der Waals surface area contributed by atoms with Crippen molar-refractivity contribution in [2.45, 2.75) is 51.8 Å². The number of methoxy groups -OCH3 is 1. The zero-order chi connectivity index (χ0) is 21.9. The van der Waals surface area contributed by atoms with Crippen LogP contribution in [-0.2, 0) is 11.3 Å². The van der Waals surface area contributed by atoms with Crippen molar-refractivity contribution in [3.63, 3.8) is 0 Å². The maximum atomic E-state index is 12.6. The number of benzene rings is 1. The zero-order valence-corrected chi connectivity index (χ0v) is 17.7. The molecule has 1 saturated heterocycles. The van der Waals surface area contributed by atoms with Crippen LogP contribution in [0.25, 0.3) is 0 Å². The van der Waals surface area contributed by atoms with Crippen molar-refractivity contribution in [3.8, 4) is 11.8 Å². The summed E-state index contributed by atoms with van der Waals surface area (Å²) >= 11 is 0. The number of nitrogens with zero attached hydrogens (tertiary/aromatic N) is 4. The van der Waals surface area contributed by atoms with E-state index in [-0.39, 0.29) is 18.2 Å². The third-order valence-electron chi connectivity index (χ3n) is 4.83. The van der Waals surface area contributed by atoms with Crippen LogP contribution in [0.3, 0.4) is 0 Å². The number of hydrogen-bond acceptors (Lipinski definition) is 6. The van der Waals surface area contributed by atoms with E-state index in [9.17, 15) is 14.9 Å². The number of hydrogen-bond donors (Lipinski definition) is 0. The van der Waals surface area contributed by atoms with E-state index < -0.39 is 17.3 Å². The van der Waals surface area contributed by atoms with Crippen LogP contribution >= 0.6 is 0 Å². The Kier molecular flexibility index (Phi) is 6.11.